The number of nitrogens with zero attached hydrogens (tertiary/aromatic N) is 1. The number of pyridine rings is 1. The number of carbonyl (C=O) groups excluding carboxylic acids is 2. The van der Waals surface area contributed by atoms with Gasteiger partial charge in [0.25, 0.3) is 5.91 Å². The third-order valence-electron chi connectivity index (χ3n) is 3.92. The summed E-state index contributed by atoms with van der Waals surface area (Å²) in [6.07, 6.45) is 0. The number of aromatic nitrogens is 1. The fourth-order valence-electron chi connectivity index (χ4n) is 2.58. The topological polar surface area (TPSA) is 68.3 Å². The summed E-state index contributed by atoms with van der Waals surface area (Å²) in [5.74, 6) is -1.79. The van der Waals surface area contributed by atoms with Crippen LogP contribution in [0.15, 0.2) is 42.5 Å². The highest BCUT2D eigenvalue weighted by atomic mass is 35.5. The number of rotatable bonds is 4. The first-order valence-corrected chi connectivity index (χ1v) is 8.51. The standard InChI is InChI=1S/C20H16ClFN2O3/c1-11-3-6-18-13(7-11)8-15(12(2)23-18)20(26)27-10-19(25)24-14-4-5-17(22)16(21)9-14/h3-9H,10H2,1-2H3,(H,24,25). The molecular formula is C20H16ClFN2O3. The van der Waals surface area contributed by atoms with Crippen LogP contribution in [0.3, 0.4) is 0 Å². The summed E-state index contributed by atoms with van der Waals surface area (Å²) < 4.78 is 18.2. The molecule has 3 aromatic rings. The fraction of sp³-hybridized carbons (Fsp3) is 0.150. The van der Waals surface area contributed by atoms with Crippen molar-refractivity contribution in [2.24, 2.45) is 0 Å². The predicted molar refractivity (Wildman–Crippen MR) is 102 cm³/mol. The Balaban J connectivity index is 1.68. The Morgan fingerprint density at radius 3 is 2.67 bits per heavy atom. The van der Waals surface area contributed by atoms with Crippen molar-refractivity contribution in [3.05, 3.63) is 70.1 Å². The first-order chi connectivity index (χ1) is 12.8. The molecule has 1 amide bonds. The van der Waals surface area contributed by atoms with Crippen LogP contribution in [0, 0.1) is 19.7 Å². The Kier molecular flexibility index (Phi) is 5.37. The molecule has 3 rings (SSSR count). The Morgan fingerprint density at radius 1 is 1.15 bits per heavy atom. The molecule has 0 aliphatic carbocycles. The molecule has 5 nitrogen and oxygen atoms in total. The second-order valence-electron chi connectivity index (χ2n) is 6.07. The average Bonchev–Trinajstić information content (AvgIpc) is 2.62. The number of nitrogens with one attached hydrogen (secondary N) is 1. The highest BCUT2D eigenvalue weighted by molar-refractivity contribution is 6.31. The van der Waals surface area contributed by atoms with E-state index in [0.29, 0.717) is 16.9 Å². The molecule has 0 fully saturated rings. The van der Waals surface area contributed by atoms with Crippen LogP contribution in [0.1, 0.15) is 21.6 Å². The molecule has 0 saturated heterocycles. The number of esters is 1. The molecule has 0 atom stereocenters. The smallest absolute Gasteiger partial charge is 0.340 e. The van der Waals surface area contributed by atoms with Crippen molar-refractivity contribution < 1.29 is 18.7 Å². The van der Waals surface area contributed by atoms with E-state index >= 15 is 0 Å². The van der Waals surface area contributed by atoms with E-state index < -0.39 is 24.3 Å². The molecule has 0 spiro atoms. The van der Waals surface area contributed by atoms with E-state index in [1.54, 1.807) is 13.0 Å². The van der Waals surface area contributed by atoms with Gasteiger partial charge in [0, 0.05) is 11.1 Å². The highest BCUT2D eigenvalue weighted by Crippen LogP contribution is 2.20. The lowest BCUT2D eigenvalue weighted by molar-refractivity contribution is -0.119. The van der Waals surface area contributed by atoms with Crippen LogP contribution in [0.4, 0.5) is 10.1 Å². The quantitative estimate of drug-likeness (QED) is 0.673. The molecule has 1 N–H and O–H groups in total. The van der Waals surface area contributed by atoms with E-state index in [1.807, 2.05) is 25.1 Å². The van der Waals surface area contributed by atoms with Crippen LogP contribution >= 0.6 is 11.6 Å². The van der Waals surface area contributed by atoms with Crippen molar-refractivity contribution in [1.82, 2.24) is 4.98 Å². The minimum absolute atomic E-state index is 0.113. The Hall–Kier alpha value is -2.99. The fourth-order valence-corrected chi connectivity index (χ4v) is 2.76. The molecule has 0 radical (unpaired) electrons. The summed E-state index contributed by atoms with van der Waals surface area (Å²) >= 11 is 5.66. The minimum Gasteiger partial charge on any atom is -0.452 e. The van der Waals surface area contributed by atoms with Gasteiger partial charge in [0.1, 0.15) is 5.82 Å². The maximum atomic E-state index is 13.1. The normalized spacial score (nSPS) is 10.7. The van der Waals surface area contributed by atoms with E-state index in [2.05, 4.69) is 10.3 Å². The summed E-state index contributed by atoms with van der Waals surface area (Å²) in [7, 11) is 0. The lowest BCUT2D eigenvalue weighted by atomic mass is 10.1. The van der Waals surface area contributed by atoms with E-state index in [9.17, 15) is 14.0 Å². The number of ether oxygens (including phenoxy) is 1. The van der Waals surface area contributed by atoms with Crippen LogP contribution in [-0.2, 0) is 9.53 Å². The second-order valence-corrected chi connectivity index (χ2v) is 6.48. The zero-order valence-electron chi connectivity index (χ0n) is 14.7. The zero-order valence-corrected chi connectivity index (χ0v) is 15.4. The molecule has 1 aromatic heterocycles. The van der Waals surface area contributed by atoms with Gasteiger partial charge in [-0.15, -0.1) is 0 Å². The summed E-state index contributed by atoms with van der Waals surface area (Å²) in [5, 5.41) is 3.19. The zero-order chi connectivity index (χ0) is 19.6. The van der Waals surface area contributed by atoms with Crippen molar-refractivity contribution in [2.45, 2.75) is 13.8 Å². The van der Waals surface area contributed by atoms with Crippen molar-refractivity contribution in [3.63, 3.8) is 0 Å². The molecule has 0 aliphatic heterocycles. The summed E-state index contributed by atoms with van der Waals surface area (Å²) in [6.45, 7) is 3.17. The summed E-state index contributed by atoms with van der Waals surface area (Å²) in [4.78, 5) is 28.7. The first kappa shape index (κ1) is 18.8. The number of aryl methyl sites for hydroxylation is 2. The number of fused-ring (bicyclic) bond motifs is 1. The molecule has 0 bridgehead atoms. The van der Waals surface area contributed by atoms with Gasteiger partial charge in [0.2, 0.25) is 0 Å². The minimum atomic E-state index is -0.643. The maximum absolute atomic E-state index is 13.1. The monoisotopic (exact) mass is 386 g/mol. The third kappa shape index (κ3) is 4.41. The predicted octanol–water partition coefficient (Wildman–Crippen LogP) is 4.44. The molecule has 0 aliphatic rings. The van der Waals surface area contributed by atoms with Crippen LogP contribution in [0.25, 0.3) is 10.9 Å². The van der Waals surface area contributed by atoms with E-state index in [1.165, 1.54) is 12.1 Å². The van der Waals surface area contributed by atoms with Crippen LogP contribution in [-0.4, -0.2) is 23.5 Å². The molecule has 1 heterocycles. The lowest BCUT2D eigenvalue weighted by Gasteiger charge is -2.09. The summed E-state index contributed by atoms with van der Waals surface area (Å²) in [6, 6.07) is 11.2. The molecule has 7 heteroatoms. The van der Waals surface area contributed by atoms with Crippen LogP contribution in [0.2, 0.25) is 5.02 Å². The third-order valence-corrected chi connectivity index (χ3v) is 4.21. The Bertz CT molecular complexity index is 1050. The molecule has 0 unspecified atom stereocenters. The number of benzene rings is 2. The van der Waals surface area contributed by atoms with Gasteiger partial charge >= 0.3 is 5.97 Å². The van der Waals surface area contributed by atoms with Gasteiger partial charge in [-0.2, -0.15) is 0 Å². The number of hydrogen-bond donors (Lipinski definition) is 1. The van der Waals surface area contributed by atoms with Gasteiger partial charge in [-0.1, -0.05) is 23.2 Å². The van der Waals surface area contributed by atoms with Crippen molar-refractivity contribution in [3.8, 4) is 0 Å². The van der Waals surface area contributed by atoms with Gasteiger partial charge in [0.05, 0.1) is 21.8 Å². The van der Waals surface area contributed by atoms with Crippen molar-refractivity contribution in [2.75, 3.05) is 11.9 Å². The molecule has 2 aromatic carbocycles. The van der Waals surface area contributed by atoms with Crippen molar-refractivity contribution >= 4 is 40.1 Å². The summed E-state index contributed by atoms with van der Waals surface area (Å²) in [5.41, 5.74) is 2.94. The number of hydrogen-bond acceptors (Lipinski definition) is 4. The number of halogens is 2. The Labute approximate surface area is 160 Å². The van der Waals surface area contributed by atoms with E-state index in [-0.39, 0.29) is 5.02 Å². The number of amides is 1. The van der Waals surface area contributed by atoms with Gasteiger partial charge in [-0.3, -0.25) is 9.78 Å². The average molecular weight is 387 g/mol. The van der Waals surface area contributed by atoms with Crippen molar-refractivity contribution in [1.29, 1.82) is 0 Å². The SMILES string of the molecule is Cc1ccc2nc(C)c(C(=O)OCC(=O)Nc3ccc(F)c(Cl)c3)cc2c1. The van der Waals surface area contributed by atoms with Crippen LogP contribution < -0.4 is 5.32 Å². The molecule has 27 heavy (non-hydrogen) atoms. The number of anilines is 1. The highest BCUT2D eigenvalue weighted by Gasteiger charge is 2.15. The second kappa shape index (κ2) is 7.72. The van der Waals surface area contributed by atoms with Crippen LogP contribution in [0.5, 0.6) is 0 Å². The van der Waals surface area contributed by atoms with Gasteiger partial charge in [-0.05, 0) is 50.2 Å². The largest absolute Gasteiger partial charge is 0.452 e. The number of carbonyl (C=O) groups is 2. The van der Waals surface area contributed by atoms with E-state index in [4.69, 9.17) is 16.3 Å². The maximum Gasteiger partial charge on any atom is 0.340 e. The van der Waals surface area contributed by atoms with Gasteiger partial charge < -0.3 is 10.1 Å². The van der Waals surface area contributed by atoms with Gasteiger partial charge in [0.15, 0.2) is 6.61 Å². The molecule has 138 valence electrons. The van der Waals surface area contributed by atoms with Gasteiger partial charge in [-0.25, -0.2) is 9.18 Å². The first-order valence-electron chi connectivity index (χ1n) is 8.13. The lowest BCUT2D eigenvalue weighted by Crippen LogP contribution is -2.21. The Morgan fingerprint density at radius 2 is 1.93 bits per heavy atom. The van der Waals surface area contributed by atoms with E-state index in [0.717, 1.165) is 22.5 Å². The molecule has 0 saturated carbocycles. The molecular weight excluding hydrogens is 371 g/mol.